The van der Waals surface area contributed by atoms with Crippen molar-refractivity contribution in [2.45, 2.75) is 94.8 Å². The fourth-order valence-electron chi connectivity index (χ4n) is 8.37. The van der Waals surface area contributed by atoms with Crippen LogP contribution in [0.3, 0.4) is 0 Å². The minimum Gasteiger partial charge on any atom is -0.463 e. The van der Waals surface area contributed by atoms with Crippen LogP contribution in [0.15, 0.2) is 0 Å². The summed E-state index contributed by atoms with van der Waals surface area (Å²) in [5, 5.41) is 0. The van der Waals surface area contributed by atoms with Crippen LogP contribution in [0.2, 0.25) is 0 Å². The molecule has 0 aromatic carbocycles. The molecule has 0 radical (unpaired) electrons. The lowest BCUT2D eigenvalue weighted by Crippen LogP contribution is -2.64. The van der Waals surface area contributed by atoms with Crippen molar-refractivity contribution in [3.8, 4) is 0 Å². The van der Waals surface area contributed by atoms with Crippen LogP contribution in [0.4, 0.5) is 0 Å². The first kappa shape index (κ1) is 20.3. The van der Waals surface area contributed by atoms with Crippen molar-refractivity contribution < 1.29 is 23.8 Å². The predicted molar refractivity (Wildman–Crippen MR) is 110 cm³/mol. The molecule has 0 amide bonds. The Labute approximate surface area is 181 Å². The molecule has 162 valence electrons. The van der Waals surface area contributed by atoms with E-state index in [0.29, 0.717) is 17.8 Å². The highest BCUT2D eigenvalue weighted by atomic mass is 79.9. The highest BCUT2D eigenvalue weighted by molar-refractivity contribution is 9.10. The van der Waals surface area contributed by atoms with Gasteiger partial charge in [0.25, 0.3) is 0 Å². The Morgan fingerprint density at radius 1 is 1.00 bits per heavy atom. The molecule has 0 spiro atoms. The third-order valence-corrected chi connectivity index (χ3v) is 11.1. The van der Waals surface area contributed by atoms with Gasteiger partial charge < -0.3 is 14.2 Å². The second-order valence-electron chi connectivity index (χ2n) is 10.6. The van der Waals surface area contributed by atoms with Crippen molar-refractivity contribution >= 4 is 27.9 Å². The largest absolute Gasteiger partial charge is 0.463 e. The summed E-state index contributed by atoms with van der Waals surface area (Å²) in [6.45, 7) is 6.24. The van der Waals surface area contributed by atoms with Gasteiger partial charge in [-0.05, 0) is 62.7 Å². The minimum absolute atomic E-state index is 0.00515. The number of alkyl halides is 1. The van der Waals surface area contributed by atoms with Crippen molar-refractivity contribution in [2.75, 3.05) is 6.61 Å². The molecule has 0 aromatic heterocycles. The monoisotopic (exact) mass is 468 g/mol. The summed E-state index contributed by atoms with van der Waals surface area (Å²) >= 11 is 4.19. The van der Waals surface area contributed by atoms with Crippen molar-refractivity contribution in [3.63, 3.8) is 0 Å². The van der Waals surface area contributed by atoms with E-state index in [1.165, 1.54) is 20.3 Å². The Balaban J connectivity index is 1.43. The van der Waals surface area contributed by atoms with Crippen LogP contribution in [0.5, 0.6) is 0 Å². The molecule has 29 heavy (non-hydrogen) atoms. The molecule has 9 atom stereocenters. The molecule has 0 aromatic rings. The van der Waals surface area contributed by atoms with Crippen LogP contribution >= 0.6 is 15.9 Å². The van der Waals surface area contributed by atoms with Gasteiger partial charge in [0.2, 0.25) is 0 Å². The smallest absolute Gasteiger partial charge is 0.302 e. The van der Waals surface area contributed by atoms with Crippen LogP contribution in [0, 0.1) is 28.6 Å². The average Bonchev–Trinajstić information content (AvgIpc) is 3.03. The number of carbonyl (C=O) groups is 2. The summed E-state index contributed by atoms with van der Waals surface area (Å²) in [6, 6.07) is 0. The van der Waals surface area contributed by atoms with Gasteiger partial charge >= 0.3 is 11.9 Å². The van der Waals surface area contributed by atoms with Gasteiger partial charge in [-0.2, -0.15) is 0 Å². The number of hydrogen-bond acceptors (Lipinski definition) is 5. The Morgan fingerprint density at radius 3 is 2.48 bits per heavy atom. The van der Waals surface area contributed by atoms with Crippen molar-refractivity contribution in [2.24, 2.45) is 28.6 Å². The maximum absolute atomic E-state index is 11.7. The summed E-state index contributed by atoms with van der Waals surface area (Å²) in [5.74, 6) is 1.55. The van der Waals surface area contributed by atoms with E-state index in [-0.39, 0.29) is 45.4 Å². The second kappa shape index (κ2) is 6.69. The van der Waals surface area contributed by atoms with Gasteiger partial charge in [0.05, 0.1) is 17.0 Å². The van der Waals surface area contributed by atoms with Gasteiger partial charge in [0.15, 0.2) is 0 Å². The predicted octanol–water partition coefficient (Wildman–Crippen LogP) is 4.40. The van der Waals surface area contributed by atoms with Crippen molar-refractivity contribution in [3.05, 3.63) is 0 Å². The number of hydrogen-bond donors (Lipinski definition) is 0. The molecule has 0 unspecified atom stereocenters. The normalized spacial score (nSPS) is 52.8. The maximum atomic E-state index is 11.7. The Kier molecular flexibility index (Phi) is 4.68. The fraction of sp³-hybridized carbons (Fsp3) is 0.913. The molecule has 0 N–H and O–H groups in total. The van der Waals surface area contributed by atoms with Gasteiger partial charge in [-0.15, -0.1) is 0 Å². The SMILES string of the molecule is CC(=O)O[C@H]1CC[C@]23CO[C@H](C[C@H]4[C@@H]5CC[C@H](OC(C)=O)[C@@]5(C)CC[C@@H]42)[C@@]3(Br)C1. The molecule has 5 nitrogen and oxygen atoms in total. The summed E-state index contributed by atoms with van der Waals surface area (Å²) in [4.78, 5) is 23.2. The fourth-order valence-corrected chi connectivity index (χ4v) is 9.66. The Hall–Kier alpha value is -0.620. The van der Waals surface area contributed by atoms with Gasteiger partial charge in [-0.25, -0.2) is 0 Å². The third kappa shape index (κ3) is 2.73. The van der Waals surface area contributed by atoms with Crippen LogP contribution in [0.1, 0.15) is 72.1 Å². The summed E-state index contributed by atoms with van der Waals surface area (Å²) in [7, 11) is 0. The van der Waals surface area contributed by atoms with E-state index in [2.05, 4.69) is 22.9 Å². The molecule has 1 saturated heterocycles. The van der Waals surface area contributed by atoms with Crippen LogP contribution in [-0.2, 0) is 23.8 Å². The van der Waals surface area contributed by atoms with Crippen molar-refractivity contribution in [1.82, 2.24) is 0 Å². The first-order valence-electron chi connectivity index (χ1n) is 11.3. The van der Waals surface area contributed by atoms with Crippen molar-refractivity contribution in [1.29, 1.82) is 0 Å². The van der Waals surface area contributed by atoms with E-state index < -0.39 is 0 Å². The Bertz CT molecular complexity index is 726. The van der Waals surface area contributed by atoms with E-state index in [1.807, 2.05) is 0 Å². The lowest BCUT2D eigenvalue weighted by molar-refractivity contribution is -0.162. The second-order valence-corrected chi connectivity index (χ2v) is 12.0. The molecule has 1 heterocycles. The first-order valence-corrected chi connectivity index (χ1v) is 12.1. The standard InChI is InChI=1S/C23H33BrO5/c1-13(25)28-15-6-9-22-12-27-20(23(22,24)11-15)10-16-17-4-5-19(29-14(2)26)21(17,3)8-7-18(16)22/h15-20H,4-12H2,1-3H3/t15-,16-,17-,18-,19-,20+,21-,22-,23-/m0/s1. The van der Waals surface area contributed by atoms with E-state index in [9.17, 15) is 9.59 Å². The third-order valence-electron chi connectivity index (χ3n) is 9.50. The first-order chi connectivity index (χ1) is 13.7. The lowest BCUT2D eigenvalue weighted by Gasteiger charge is -2.62. The summed E-state index contributed by atoms with van der Waals surface area (Å²) in [5.41, 5.74) is 0.238. The number of rotatable bonds is 2. The molecule has 5 rings (SSSR count). The molecule has 4 aliphatic carbocycles. The van der Waals surface area contributed by atoms with E-state index in [0.717, 1.165) is 51.6 Å². The molecule has 1 aliphatic heterocycles. The molecular weight excluding hydrogens is 436 g/mol. The number of ether oxygens (including phenoxy) is 3. The van der Waals surface area contributed by atoms with Crippen LogP contribution in [-0.4, -0.2) is 41.2 Å². The van der Waals surface area contributed by atoms with E-state index in [1.54, 1.807) is 0 Å². The quantitative estimate of drug-likeness (QED) is 0.443. The number of halogens is 1. The maximum Gasteiger partial charge on any atom is 0.302 e. The average molecular weight is 469 g/mol. The molecular formula is C23H33BrO5. The molecule has 6 heteroatoms. The van der Waals surface area contributed by atoms with Gasteiger partial charge in [0, 0.05) is 31.1 Å². The van der Waals surface area contributed by atoms with Crippen LogP contribution in [0.25, 0.3) is 0 Å². The summed E-state index contributed by atoms with van der Waals surface area (Å²) < 4.78 is 17.8. The lowest BCUT2D eigenvalue weighted by atomic mass is 9.45. The topological polar surface area (TPSA) is 61.8 Å². The van der Waals surface area contributed by atoms with Gasteiger partial charge in [0.1, 0.15) is 12.2 Å². The molecule has 2 bridgehead atoms. The zero-order valence-electron chi connectivity index (χ0n) is 17.7. The highest BCUT2D eigenvalue weighted by Gasteiger charge is 2.72. The highest BCUT2D eigenvalue weighted by Crippen LogP contribution is 2.72. The zero-order valence-corrected chi connectivity index (χ0v) is 19.3. The number of carbonyl (C=O) groups excluding carboxylic acids is 2. The zero-order chi connectivity index (χ0) is 20.6. The molecule has 4 saturated carbocycles. The minimum atomic E-state index is -0.181. The molecule has 5 aliphatic rings. The molecule has 5 fully saturated rings. The van der Waals surface area contributed by atoms with Crippen LogP contribution < -0.4 is 0 Å². The Morgan fingerprint density at radius 2 is 1.76 bits per heavy atom. The van der Waals surface area contributed by atoms with Gasteiger partial charge in [-0.3, -0.25) is 9.59 Å². The van der Waals surface area contributed by atoms with Gasteiger partial charge in [-0.1, -0.05) is 22.9 Å². The summed E-state index contributed by atoms with van der Waals surface area (Å²) in [6.07, 6.45) is 8.62. The van der Waals surface area contributed by atoms with E-state index in [4.69, 9.17) is 14.2 Å². The number of fused-ring (bicyclic) bond motifs is 3. The van der Waals surface area contributed by atoms with E-state index >= 15 is 0 Å². The number of esters is 2.